The molecule has 7 rings (SSSR count). The molecule has 4 aromatic carbocycles. The molecule has 0 N–H and O–H groups in total. The number of hydrogen-bond acceptors (Lipinski definition) is 1. The molecule has 2 heteroatoms. The molecule has 0 radical (unpaired) electrons. The summed E-state index contributed by atoms with van der Waals surface area (Å²) in [5, 5.41) is 2.51. The fourth-order valence-electron chi connectivity index (χ4n) is 6.56. The molecule has 1 aromatic heterocycles. The number of aromatic nitrogens is 1. The maximum Gasteiger partial charge on any atom is 0.0535 e. The van der Waals surface area contributed by atoms with Gasteiger partial charge in [0.2, 0.25) is 0 Å². The predicted octanol–water partition coefficient (Wildman–Crippen LogP) is 11.3. The van der Waals surface area contributed by atoms with Gasteiger partial charge in [0, 0.05) is 34.5 Å². The first kappa shape index (κ1) is 27.2. The Morgan fingerprint density at radius 2 is 1.48 bits per heavy atom. The summed E-state index contributed by atoms with van der Waals surface area (Å²) in [6.07, 6.45) is 26.6. The van der Waals surface area contributed by atoms with Crippen molar-refractivity contribution in [3.05, 3.63) is 182 Å². The van der Waals surface area contributed by atoms with Crippen LogP contribution in [0.5, 0.6) is 0 Å². The van der Waals surface area contributed by atoms with Gasteiger partial charge in [0.05, 0.1) is 11.0 Å². The van der Waals surface area contributed by atoms with Gasteiger partial charge in [0.25, 0.3) is 0 Å². The van der Waals surface area contributed by atoms with Crippen molar-refractivity contribution in [1.82, 2.24) is 4.57 Å². The number of rotatable bonds is 9. The van der Waals surface area contributed by atoms with E-state index in [1.165, 1.54) is 60.9 Å². The molecule has 2 nitrogen and oxygen atoms in total. The zero-order valence-corrected chi connectivity index (χ0v) is 24.7. The summed E-state index contributed by atoms with van der Waals surface area (Å²) in [6.45, 7) is 7.59. The SMILES string of the molecule is C=C/C=C\C=C/N(c1ccccc1)c1ccc(-c2ccc3c(c2)c2ccccc2n3/C=C\C=C/C=C)c2c1CC1=C2C=CC1. The second-order valence-electron chi connectivity index (χ2n) is 11.0. The van der Waals surface area contributed by atoms with Crippen LogP contribution in [0.25, 0.3) is 44.7 Å². The number of nitrogens with zero attached hydrogens (tertiary/aromatic N) is 2. The van der Waals surface area contributed by atoms with Crippen molar-refractivity contribution >= 4 is 45.0 Å². The standard InChI is InChI=1S/C42H34N2/c1-3-5-7-14-27-43(33-18-10-9-11-19-33)41-26-24-35(42-34-21-16-17-31(34)30-38(41)42)32-23-25-40-37(29-32)36-20-12-13-22-39(36)44(40)28-15-8-6-4-2/h3-16,18-29H,1-2,17,30H2/b7-5-,8-6-,27-14-,28-15-. The highest BCUT2D eigenvalue weighted by Gasteiger charge is 2.29. The molecule has 0 atom stereocenters. The van der Waals surface area contributed by atoms with E-state index in [4.69, 9.17) is 0 Å². The quantitative estimate of drug-likeness (QED) is 0.161. The molecule has 212 valence electrons. The molecule has 0 bridgehead atoms. The van der Waals surface area contributed by atoms with Gasteiger partial charge in [-0.2, -0.15) is 0 Å². The van der Waals surface area contributed by atoms with E-state index in [1.807, 2.05) is 24.3 Å². The molecule has 0 amide bonds. The Bertz CT molecular complexity index is 2090. The molecule has 0 unspecified atom stereocenters. The van der Waals surface area contributed by atoms with Crippen molar-refractivity contribution < 1.29 is 0 Å². The van der Waals surface area contributed by atoms with Crippen molar-refractivity contribution in [1.29, 1.82) is 0 Å². The van der Waals surface area contributed by atoms with E-state index in [0.29, 0.717) is 0 Å². The lowest BCUT2D eigenvalue weighted by Gasteiger charge is -2.25. The second kappa shape index (κ2) is 11.9. The monoisotopic (exact) mass is 566 g/mol. The average Bonchev–Trinajstić information content (AvgIpc) is 3.76. The number of hydrogen-bond donors (Lipinski definition) is 0. The Hall–Kier alpha value is -5.60. The minimum atomic E-state index is 0.963. The van der Waals surface area contributed by atoms with E-state index in [0.717, 1.165) is 18.5 Å². The first-order chi connectivity index (χ1) is 21.8. The minimum absolute atomic E-state index is 0.963. The van der Waals surface area contributed by atoms with E-state index < -0.39 is 0 Å². The lowest BCUT2D eigenvalue weighted by Crippen LogP contribution is -2.11. The summed E-state index contributed by atoms with van der Waals surface area (Å²) in [4.78, 5) is 2.31. The Morgan fingerprint density at radius 1 is 0.705 bits per heavy atom. The third kappa shape index (κ3) is 4.81. The fraction of sp³-hybridized carbons (Fsp3) is 0.0476. The Kier molecular flexibility index (Phi) is 7.40. The maximum atomic E-state index is 3.81. The summed E-state index contributed by atoms with van der Waals surface area (Å²) in [5.41, 5.74) is 12.9. The molecular weight excluding hydrogens is 532 g/mol. The van der Waals surface area contributed by atoms with Crippen LogP contribution in [0.1, 0.15) is 17.5 Å². The van der Waals surface area contributed by atoms with Crippen molar-refractivity contribution in [2.45, 2.75) is 12.8 Å². The summed E-state index contributed by atoms with van der Waals surface area (Å²) in [5.74, 6) is 0. The van der Waals surface area contributed by atoms with Crippen LogP contribution >= 0.6 is 0 Å². The minimum Gasteiger partial charge on any atom is -0.317 e. The highest BCUT2D eigenvalue weighted by molar-refractivity contribution is 6.11. The predicted molar refractivity (Wildman–Crippen MR) is 191 cm³/mol. The molecule has 0 saturated carbocycles. The van der Waals surface area contributed by atoms with Gasteiger partial charge in [0.15, 0.2) is 0 Å². The second-order valence-corrected chi connectivity index (χ2v) is 11.0. The lowest BCUT2D eigenvalue weighted by atomic mass is 9.91. The Morgan fingerprint density at radius 3 is 2.32 bits per heavy atom. The van der Waals surface area contributed by atoms with Gasteiger partial charge >= 0.3 is 0 Å². The average molecular weight is 567 g/mol. The topological polar surface area (TPSA) is 8.17 Å². The van der Waals surface area contributed by atoms with E-state index in [-0.39, 0.29) is 0 Å². The van der Waals surface area contributed by atoms with Crippen LogP contribution in [0.2, 0.25) is 0 Å². The molecule has 1 heterocycles. The van der Waals surface area contributed by atoms with E-state index in [1.54, 1.807) is 12.2 Å². The number of benzene rings is 4. The van der Waals surface area contributed by atoms with Crippen LogP contribution < -0.4 is 4.90 Å². The molecular formula is C42H34N2. The Balaban J connectivity index is 1.40. The van der Waals surface area contributed by atoms with Gasteiger partial charge in [-0.05, 0) is 89.2 Å². The molecule has 2 aliphatic carbocycles. The zero-order chi connectivity index (χ0) is 29.9. The van der Waals surface area contributed by atoms with Gasteiger partial charge in [-0.1, -0.05) is 116 Å². The van der Waals surface area contributed by atoms with Crippen LogP contribution in [0, 0.1) is 0 Å². The number of para-hydroxylation sites is 2. The highest BCUT2D eigenvalue weighted by Crippen LogP contribution is 2.49. The molecule has 2 aliphatic rings. The third-order valence-corrected chi connectivity index (χ3v) is 8.48. The summed E-state index contributed by atoms with van der Waals surface area (Å²) < 4.78 is 2.28. The van der Waals surface area contributed by atoms with Gasteiger partial charge in [-0.15, -0.1) is 0 Å². The molecule has 5 aromatic rings. The number of anilines is 2. The Labute approximate surface area is 259 Å². The largest absolute Gasteiger partial charge is 0.317 e. The van der Waals surface area contributed by atoms with Gasteiger partial charge in [-0.25, -0.2) is 0 Å². The van der Waals surface area contributed by atoms with Crippen LogP contribution in [0.4, 0.5) is 11.4 Å². The van der Waals surface area contributed by atoms with Crippen molar-refractivity contribution in [2.75, 3.05) is 4.90 Å². The smallest absolute Gasteiger partial charge is 0.0535 e. The molecule has 44 heavy (non-hydrogen) atoms. The van der Waals surface area contributed by atoms with Crippen LogP contribution in [-0.4, -0.2) is 4.57 Å². The van der Waals surface area contributed by atoms with Gasteiger partial charge in [0.1, 0.15) is 0 Å². The first-order valence-corrected chi connectivity index (χ1v) is 15.1. The number of fused-ring (bicyclic) bond motifs is 5. The molecule has 0 saturated heterocycles. The van der Waals surface area contributed by atoms with Crippen molar-refractivity contribution in [2.24, 2.45) is 0 Å². The van der Waals surface area contributed by atoms with Gasteiger partial charge in [-0.3, -0.25) is 0 Å². The zero-order valence-electron chi connectivity index (χ0n) is 24.7. The van der Waals surface area contributed by atoms with Gasteiger partial charge < -0.3 is 9.47 Å². The molecule has 0 fully saturated rings. The summed E-state index contributed by atoms with van der Waals surface area (Å²) in [7, 11) is 0. The lowest BCUT2D eigenvalue weighted by molar-refractivity contribution is 1.10. The first-order valence-electron chi connectivity index (χ1n) is 15.1. The van der Waals surface area contributed by atoms with Crippen molar-refractivity contribution in [3.63, 3.8) is 0 Å². The van der Waals surface area contributed by atoms with E-state index in [2.05, 4.69) is 144 Å². The van der Waals surface area contributed by atoms with Crippen LogP contribution in [0.3, 0.4) is 0 Å². The van der Waals surface area contributed by atoms with Crippen molar-refractivity contribution in [3.8, 4) is 11.1 Å². The van der Waals surface area contributed by atoms with Crippen LogP contribution in [0.15, 0.2) is 171 Å². The number of allylic oxidation sites excluding steroid dienone is 12. The maximum absolute atomic E-state index is 3.81. The molecule has 0 aliphatic heterocycles. The normalized spacial score (nSPS) is 14.3. The molecule has 0 spiro atoms. The van der Waals surface area contributed by atoms with E-state index in [9.17, 15) is 0 Å². The third-order valence-electron chi connectivity index (χ3n) is 8.48. The summed E-state index contributed by atoms with van der Waals surface area (Å²) >= 11 is 0. The van der Waals surface area contributed by atoms with E-state index >= 15 is 0 Å². The fourth-order valence-corrected chi connectivity index (χ4v) is 6.56. The summed E-state index contributed by atoms with van der Waals surface area (Å²) in [6, 6.07) is 30.8. The highest BCUT2D eigenvalue weighted by atomic mass is 15.1. The van der Waals surface area contributed by atoms with Crippen LogP contribution in [-0.2, 0) is 6.42 Å².